The van der Waals surface area contributed by atoms with Crippen molar-refractivity contribution in [3.05, 3.63) is 59.3 Å². The van der Waals surface area contributed by atoms with E-state index in [1.54, 1.807) is 12.5 Å². The number of benzene rings is 1. The van der Waals surface area contributed by atoms with Crippen LogP contribution in [0.3, 0.4) is 0 Å². The van der Waals surface area contributed by atoms with Crippen LogP contribution in [-0.2, 0) is 12.8 Å². The van der Waals surface area contributed by atoms with Crippen LogP contribution in [-0.4, -0.2) is 39.6 Å². The SMILES string of the molecule is CC(=Cn1c2c(c3cc(C)ccc31)CCN(C)CC2)c1ccncn1. The molecule has 1 aliphatic rings. The van der Waals surface area contributed by atoms with E-state index in [1.165, 1.54) is 27.7 Å². The lowest BCUT2D eigenvalue weighted by molar-refractivity contribution is 0.351. The highest BCUT2D eigenvalue weighted by atomic mass is 15.1. The van der Waals surface area contributed by atoms with Gasteiger partial charge in [0.2, 0.25) is 0 Å². The van der Waals surface area contributed by atoms with Crippen molar-refractivity contribution in [2.75, 3.05) is 20.1 Å². The van der Waals surface area contributed by atoms with Crippen LogP contribution in [0.5, 0.6) is 0 Å². The van der Waals surface area contributed by atoms with E-state index in [4.69, 9.17) is 0 Å². The quantitative estimate of drug-likeness (QED) is 0.716. The topological polar surface area (TPSA) is 34.0 Å². The molecular formula is C21H24N4. The number of rotatable bonds is 2. The van der Waals surface area contributed by atoms with Crippen molar-refractivity contribution in [3.8, 4) is 0 Å². The lowest BCUT2D eigenvalue weighted by Gasteiger charge is -2.13. The normalized spacial score (nSPS) is 16.0. The highest BCUT2D eigenvalue weighted by Crippen LogP contribution is 2.31. The Morgan fingerprint density at radius 1 is 1.16 bits per heavy atom. The van der Waals surface area contributed by atoms with Crippen LogP contribution >= 0.6 is 0 Å². The van der Waals surface area contributed by atoms with Crippen LogP contribution in [0, 0.1) is 6.92 Å². The number of allylic oxidation sites excluding steroid dienone is 1. The molecule has 4 rings (SSSR count). The molecule has 25 heavy (non-hydrogen) atoms. The fourth-order valence-electron chi connectivity index (χ4n) is 3.74. The highest BCUT2D eigenvalue weighted by molar-refractivity contribution is 5.90. The van der Waals surface area contributed by atoms with E-state index >= 15 is 0 Å². The molecule has 0 fully saturated rings. The molecule has 2 aromatic heterocycles. The van der Waals surface area contributed by atoms with E-state index in [1.807, 2.05) is 6.07 Å². The Morgan fingerprint density at radius 2 is 2.00 bits per heavy atom. The molecule has 0 amide bonds. The Labute approximate surface area is 148 Å². The summed E-state index contributed by atoms with van der Waals surface area (Å²) in [7, 11) is 2.21. The van der Waals surface area contributed by atoms with E-state index < -0.39 is 0 Å². The second-order valence-corrected chi connectivity index (χ2v) is 7.03. The maximum atomic E-state index is 4.40. The number of fused-ring (bicyclic) bond motifs is 3. The summed E-state index contributed by atoms with van der Waals surface area (Å²) in [6.45, 7) is 6.52. The molecular weight excluding hydrogens is 308 g/mol. The molecule has 0 saturated carbocycles. The molecule has 0 aliphatic carbocycles. The smallest absolute Gasteiger partial charge is 0.116 e. The first-order valence-electron chi connectivity index (χ1n) is 8.89. The first-order valence-corrected chi connectivity index (χ1v) is 8.89. The van der Waals surface area contributed by atoms with Crippen molar-refractivity contribution in [1.29, 1.82) is 0 Å². The summed E-state index contributed by atoms with van der Waals surface area (Å²) in [6, 6.07) is 8.77. The number of nitrogens with zero attached hydrogens (tertiary/aromatic N) is 4. The Morgan fingerprint density at radius 3 is 2.80 bits per heavy atom. The zero-order chi connectivity index (χ0) is 17.4. The van der Waals surface area contributed by atoms with Crippen molar-refractivity contribution in [3.63, 3.8) is 0 Å². The van der Waals surface area contributed by atoms with Gasteiger partial charge in [-0.2, -0.15) is 0 Å². The third-order valence-corrected chi connectivity index (χ3v) is 5.16. The third-order valence-electron chi connectivity index (χ3n) is 5.16. The molecule has 0 spiro atoms. The van der Waals surface area contributed by atoms with Crippen LogP contribution < -0.4 is 0 Å². The molecule has 0 saturated heterocycles. The summed E-state index contributed by atoms with van der Waals surface area (Å²) in [5, 5.41) is 1.40. The predicted molar refractivity (Wildman–Crippen MR) is 103 cm³/mol. The standard InChI is InChI=1S/C21H24N4/c1-15-4-5-20-18(12-15)17-7-10-24(3)11-8-21(17)25(20)13-16(2)19-6-9-22-14-23-19/h4-6,9,12-14H,7-8,10-11H2,1-3H3. The van der Waals surface area contributed by atoms with Gasteiger partial charge in [-0.1, -0.05) is 11.6 Å². The Hall–Kier alpha value is -2.46. The summed E-state index contributed by atoms with van der Waals surface area (Å²) < 4.78 is 2.39. The van der Waals surface area contributed by atoms with E-state index in [0.29, 0.717) is 0 Å². The Balaban J connectivity index is 1.91. The van der Waals surface area contributed by atoms with Crippen molar-refractivity contribution in [1.82, 2.24) is 19.4 Å². The van der Waals surface area contributed by atoms with Gasteiger partial charge in [-0.15, -0.1) is 0 Å². The molecule has 1 aliphatic heterocycles. The minimum Gasteiger partial charge on any atom is -0.320 e. The summed E-state index contributed by atoms with van der Waals surface area (Å²) in [4.78, 5) is 10.8. The van der Waals surface area contributed by atoms with Crippen LogP contribution in [0.25, 0.3) is 22.7 Å². The van der Waals surface area contributed by atoms with Gasteiger partial charge in [0.1, 0.15) is 6.33 Å². The van der Waals surface area contributed by atoms with Gasteiger partial charge in [0.05, 0.1) is 11.2 Å². The minimum absolute atomic E-state index is 0.975. The maximum absolute atomic E-state index is 4.40. The lowest BCUT2D eigenvalue weighted by atomic mass is 10.1. The minimum atomic E-state index is 0.975. The number of aryl methyl sites for hydroxylation is 1. The van der Waals surface area contributed by atoms with E-state index in [9.17, 15) is 0 Å². The molecule has 3 aromatic rings. The van der Waals surface area contributed by atoms with Crippen LogP contribution in [0.15, 0.2) is 36.8 Å². The van der Waals surface area contributed by atoms with Gasteiger partial charge in [-0.25, -0.2) is 9.97 Å². The highest BCUT2D eigenvalue weighted by Gasteiger charge is 2.20. The average Bonchev–Trinajstić information content (AvgIpc) is 2.76. The molecule has 0 radical (unpaired) electrons. The summed E-state index contributed by atoms with van der Waals surface area (Å²) in [5.41, 5.74) is 7.70. The largest absolute Gasteiger partial charge is 0.320 e. The number of hydrogen-bond acceptors (Lipinski definition) is 3. The fourth-order valence-corrected chi connectivity index (χ4v) is 3.74. The molecule has 3 heterocycles. The summed E-state index contributed by atoms with van der Waals surface area (Å²) in [6.07, 6.45) is 7.84. The van der Waals surface area contributed by atoms with Gasteiger partial charge in [-0.3, -0.25) is 0 Å². The van der Waals surface area contributed by atoms with Gasteiger partial charge < -0.3 is 9.47 Å². The summed E-state index contributed by atoms with van der Waals surface area (Å²) >= 11 is 0. The van der Waals surface area contributed by atoms with Crippen molar-refractivity contribution in [2.45, 2.75) is 26.7 Å². The number of hydrogen-bond donors (Lipinski definition) is 0. The van der Waals surface area contributed by atoms with E-state index in [2.05, 4.69) is 64.7 Å². The number of likely N-dealkylation sites (N-methyl/N-ethyl adjacent to an activating group) is 1. The van der Waals surface area contributed by atoms with Gasteiger partial charge in [-0.05, 0) is 56.7 Å². The first kappa shape index (κ1) is 16.0. The van der Waals surface area contributed by atoms with Gasteiger partial charge in [0, 0.05) is 43.0 Å². The zero-order valence-electron chi connectivity index (χ0n) is 15.2. The molecule has 128 valence electrons. The molecule has 0 atom stereocenters. The van der Waals surface area contributed by atoms with Gasteiger partial charge in [0.25, 0.3) is 0 Å². The van der Waals surface area contributed by atoms with Gasteiger partial charge >= 0.3 is 0 Å². The Kier molecular flexibility index (Phi) is 4.14. The molecule has 1 aromatic carbocycles. The van der Waals surface area contributed by atoms with Gasteiger partial charge in [0.15, 0.2) is 0 Å². The van der Waals surface area contributed by atoms with Crippen LogP contribution in [0.1, 0.15) is 29.4 Å². The van der Waals surface area contributed by atoms with Crippen molar-refractivity contribution >= 4 is 22.7 Å². The predicted octanol–water partition coefficient (Wildman–Crippen LogP) is 3.79. The molecule has 4 nitrogen and oxygen atoms in total. The van der Waals surface area contributed by atoms with Crippen molar-refractivity contribution < 1.29 is 0 Å². The first-order chi connectivity index (χ1) is 12.1. The average molecular weight is 332 g/mol. The number of aromatic nitrogens is 3. The third kappa shape index (κ3) is 2.98. The lowest BCUT2D eigenvalue weighted by Crippen LogP contribution is -2.21. The Bertz CT molecular complexity index is 937. The summed E-state index contributed by atoms with van der Waals surface area (Å²) in [5.74, 6) is 0. The maximum Gasteiger partial charge on any atom is 0.116 e. The van der Waals surface area contributed by atoms with Crippen LogP contribution in [0.2, 0.25) is 0 Å². The second-order valence-electron chi connectivity index (χ2n) is 7.03. The molecule has 0 unspecified atom stereocenters. The van der Waals surface area contributed by atoms with Crippen molar-refractivity contribution in [2.24, 2.45) is 0 Å². The fraction of sp³-hybridized carbons (Fsp3) is 0.333. The molecule has 4 heteroatoms. The van der Waals surface area contributed by atoms with E-state index in [0.717, 1.165) is 37.2 Å². The molecule has 0 bridgehead atoms. The van der Waals surface area contributed by atoms with E-state index in [-0.39, 0.29) is 0 Å². The van der Waals surface area contributed by atoms with Crippen LogP contribution in [0.4, 0.5) is 0 Å². The monoisotopic (exact) mass is 332 g/mol. The second kappa shape index (κ2) is 6.45. The zero-order valence-corrected chi connectivity index (χ0v) is 15.2. The molecule has 0 N–H and O–H groups in total.